The molecule has 0 bridgehead atoms. The Morgan fingerprint density at radius 3 is 2.71 bits per heavy atom. The molecule has 0 spiro atoms. The molecule has 2 N–H and O–H groups in total. The van der Waals surface area contributed by atoms with Gasteiger partial charge in [0.2, 0.25) is 0 Å². The molecule has 1 aromatic heterocycles. The Labute approximate surface area is 121 Å². The van der Waals surface area contributed by atoms with E-state index in [0.29, 0.717) is 12.0 Å². The van der Waals surface area contributed by atoms with Crippen LogP contribution in [-0.2, 0) is 13.1 Å². The number of nitrogens with two attached hydrogens (primary N) is 1. The third-order valence-electron chi connectivity index (χ3n) is 3.79. The first-order valence-corrected chi connectivity index (χ1v) is 6.92. The first kappa shape index (κ1) is 14.1. The number of nitrogens with zero attached hydrogens (tertiary/aromatic N) is 4. The minimum absolute atomic E-state index is 0.380. The minimum atomic E-state index is -0.591. The Balaban J connectivity index is 1.58. The molecular formula is C14H17F2N5. The van der Waals surface area contributed by atoms with Crippen molar-refractivity contribution >= 4 is 0 Å². The number of rotatable bonds is 4. The Morgan fingerprint density at radius 1 is 1.19 bits per heavy atom. The molecule has 7 heteroatoms. The molecule has 0 fully saturated rings. The number of hydrogen-bond donors (Lipinski definition) is 1. The molecule has 112 valence electrons. The third-order valence-corrected chi connectivity index (χ3v) is 3.79. The van der Waals surface area contributed by atoms with Crippen molar-refractivity contribution in [1.29, 1.82) is 0 Å². The molecule has 2 aromatic rings. The second-order valence-corrected chi connectivity index (χ2v) is 5.31. The summed E-state index contributed by atoms with van der Waals surface area (Å²) in [5.74, 6) is -0.246. The van der Waals surface area contributed by atoms with Crippen molar-refractivity contribution in [3.63, 3.8) is 0 Å². The van der Waals surface area contributed by atoms with Crippen molar-refractivity contribution < 1.29 is 8.78 Å². The van der Waals surface area contributed by atoms with Crippen molar-refractivity contribution in [2.75, 3.05) is 13.1 Å². The standard InChI is InChI=1S/C14H17F2N5/c15-11-5-10(6-12(16)7-11)13(17)1-2-20-3-4-21-9-18-19-14(21)8-20/h5-7,9,13H,1-4,8,17H2. The molecule has 0 radical (unpaired) electrons. The molecule has 1 atom stereocenters. The van der Waals surface area contributed by atoms with Gasteiger partial charge in [-0.25, -0.2) is 8.78 Å². The smallest absolute Gasteiger partial charge is 0.147 e. The number of benzene rings is 1. The van der Waals surface area contributed by atoms with E-state index in [9.17, 15) is 8.78 Å². The second-order valence-electron chi connectivity index (χ2n) is 5.31. The molecule has 5 nitrogen and oxygen atoms in total. The minimum Gasteiger partial charge on any atom is -0.324 e. The third kappa shape index (κ3) is 3.25. The predicted molar refractivity (Wildman–Crippen MR) is 73.2 cm³/mol. The van der Waals surface area contributed by atoms with Crippen LogP contribution in [0.25, 0.3) is 0 Å². The van der Waals surface area contributed by atoms with E-state index in [4.69, 9.17) is 5.73 Å². The zero-order chi connectivity index (χ0) is 14.8. The quantitative estimate of drug-likeness (QED) is 0.927. The van der Waals surface area contributed by atoms with Crippen LogP contribution in [0.5, 0.6) is 0 Å². The van der Waals surface area contributed by atoms with Gasteiger partial charge in [0.15, 0.2) is 0 Å². The van der Waals surface area contributed by atoms with Crippen LogP contribution in [0.3, 0.4) is 0 Å². The van der Waals surface area contributed by atoms with Crippen LogP contribution in [-0.4, -0.2) is 32.8 Å². The van der Waals surface area contributed by atoms with E-state index >= 15 is 0 Å². The first-order valence-electron chi connectivity index (χ1n) is 6.92. The average molecular weight is 293 g/mol. The number of aromatic nitrogens is 3. The lowest BCUT2D eigenvalue weighted by Crippen LogP contribution is -2.35. The van der Waals surface area contributed by atoms with Gasteiger partial charge in [0.05, 0.1) is 6.54 Å². The van der Waals surface area contributed by atoms with Crippen molar-refractivity contribution in [1.82, 2.24) is 19.7 Å². The van der Waals surface area contributed by atoms with Gasteiger partial charge in [-0.2, -0.15) is 0 Å². The molecule has 1 aliphatic rings. The van der Waals surface area contributed by atoms with Gasteiger partial charge < -0.3 is 10.3 Å². The molecule has 0 saturated heterocycles. The molecule has 0 saturated carbocycles. The van der Waals surface area contributed by atoms with E-state index in [1.165, 1.54) is 12.1 Å². The molecule has 21 heavy (non-hydrogen) atoms. The summed E-state index contributed by atoms with van der Waals surface area (Å²) in [6, 6.07) is 3.06. The topological polar surface area (TPSA) is 60.0 Å². The highest BCUT2D eigenvalue weighted by Crippen LogP contribution is 2.18. The normalized spacial score (nSPS) is 16.7. The Bertz CT molecular complexity index is 607. The van der Waals surface area contributed by atoms with E-state index in [2.05, 4.69) is 15.1 Å². The number of hydrogen-bond acceptors (Lipinski definition) is 4. The molecule has 0 amide bonds. The van der Waals surface area contributed by atoms with Gasteiger partial charge in [-0.3, -0.25) is 4.90 Å². The lowest BCUT2D eigenvalue weighted by atomic mass is 10.0. The van der Waals surface area contributed by atoms with Gasteiger partial charge in [-0.15, -0.1) is 10.2 Å². The van der Waals surface area contributed by atoms with Crippen LogP contribution in [0.1, 0.15) is 23.9 Å². The molecule has 1 unspecified atom stereocenters. The van der Waals surface area contributed by atoms with Gasteiger partial charge in [-0.05, 0) is 24.1 Å². The Morgan fingerprint density at radius 2 is 1.95 bits per heavy atom. The van der Waals surface area contributed by atoms with E-state index in [1.807, 2.05) is 4.57 Å². The summed E-state index contributed by atoms with van der Waals surface area (Å²) < 4.78 is 28.4. The van der Waals surface area contributed by atoms with Gasteiger partial charge >= 0.3 is 0 Å². The lowest BCUT2D eigenvalue weighted by Gasteiger charge is -2.27. The molecule has 3 rings (SSSR count). The zero-order valence-electron chi connectivity index (χ0n) is 11.5. The Kier molecular flexibility index (Phi) is 3.94. The maximum atomic E-state index is 13.2. The highest BCUT2D eigenvalue weighted by molar-refractivity contribution is 5.21. The van der Waals surface area contributed by atoms with Gasteiger partial charge in [0, 0.05) is 31.7 Å². The largest absolute Gasteiger partial charge is 0.324 e. The number of halogens is 2. The second kappa shape index (κ2) is 5.87. The highest BCUT2D eigenvalue weighted by atomic mass is 19.1. The fourth-order valence-corrected chi connectivity index (χ4v) is 2.58. The molecule has 2 heterocycles. The monoisotopic (exact) mass is 293 g/mol. The maximum absolute atomic E-state index is 13.2. The van der Waals surface area contributed by atoms with Crippen molar-refractivity contribution in [2.45, 2.75) is 25.6 Å². The van der Waals surface area contributed by atoms with E-state index in [1.54, 1.807) is 6.33 Å². The van der Waals surface area contributed by atoms with Crippen molar-refractivity contribution in [2.24, 2.45) is 5.73 Å². The van der Waals surface area contributed by atoms with Crippen LogP contribution in [0, 0.1) is 11.6 Å². The van der Waals surface area contributed by atoms with Crippen LogP contribution in [0.4, 0.5) is 8.78 Å². The van der Waals surface area contributed by atoms with Crippen molar-refractivity contribution in [3.8, 4) is 0 Å². The summed E-state index contributed by atoms with van der Waals surface area (Å²) in [6.45, 7) is 3.23. The molecule has 1 aliphatic heterocycles. The molecule has 0 aliphatic carbocycles. The van der Waals surface area contributed by atoms with Crippen LogP contribution in [0.15, 0.2) is 24.5 Å². The van der Waals surface area contributed by atoms with E-state index in [-0.39, 0.29) is 6.04 Å². The predicted octanol–water partition coefficient (Wildman–Crippen LogP) is 1.46. The van der Waals surface area contributed by atoms with Crippen molar-refractivity contribution in [3.05, 3.63) is 47.5 Å². The summed E-state index contributed by atoms with van der Waals surface area (Å²) in [4.78, 5) is 2.22. The van der Waals surface area contributed by atoms with Crippen LogP contribution < -0.4 is 5.73 Å². The number of fused-ring (bicyclic) bond motifs is 1. The van der Waals surface area contributed by atoms with E-state index in [0.717, 1.165) is 38.1 Å². The fraction of sp³-hybridized carbons (Fsp3) is 0.429. The summed E-state index contributed by atoms with van der Waals surface area (Å²) in [6.07, 6.45) is 2.37. The fourth-order valence-electron chi connectivity index (χ4n) is 2.58. The SMILES string of the molecule is NC(CCN1CCn2cnnc2C1)c1cc(F)cc(F)c1. The highest BCUT2D eigenvalue weighted by Gasteiger charge is 2.18. The summed E-state index contributed by atoms with van der Waals surface area (Å²) in [5.41, 5.74) is 6.52. The zero-order valence-corrected chi connectivity index (χ0v) is 11.5. The van der Waals surface area contributed by atoms with Crippen LogP contribution >= 0.6 is 0 Å². The summed E-state index contributed by atoms with van der Waals surface area (Å²) in [7, 11) is 0. The van der Waals surface area contributed by atoms with Crippen LogP contribution in [0.2, 0.25) is 0 Å². The van der Waals surface area contributed by atoms with Gasteiger partial charge in [-0.1, -0.05) is 0 Å². The summed E-state index contributed by atoms with van der Waals surface area (Å²) in [5, 5.41) is 7.94. The average Bonchev–Trinajstić information content (AvgIpc) is 2.91. The Hall–Kier alpha value is -1.86. The molecular weight excluding hydrogens is 276 g/mol. The molecule has 1 aromatic carbocycles. The van der Waals surface area contributed by atoms with Gasteiger partial charge in [0.25, 0.3) is 0 Å². The first-order chi connectivity index (χ1) is 10.1. The lowest BCUT2D eigenvalue weighted by molar-refractivity contribution is 0.209. The van der Waals surface area contributed by atoms with E-state index < -0.39 is 11.6 Å². The maximum Gasteiger partial charge on any atom is 0.147 e. The summed E-state index contributed by atoms with van der Waals surface area (Å²) >= 11 is 0. The van der Waals surface area contributed by atoms with Gasteiger partial charge in [0.1, 0.15) is 23.8 Å².